The lowest BCUT2D eigenvalue weighted by atomic mass is 9.94. The van der Waals surface area contributed by atoms with Crippen molar-refractivity contribution in [1.29, 1.82) is 0 Å². The molecule has 1 aromatic carbocycles. The number of piperazine rings is 1. The second-order valence-corrected chi connectivity index (χ2v) is 9.14. The Morgan fingerprint density at radius 2 is 2.00 bits per heavy atom. The Kier molecular flexibility index (Phi) is 8.71. The minimum absolute atomic E-state index is 0.0450. The Morgan fingerprint density at radius 1 is 1.26 bits per heavy atom. The standard InChI is InChI=1S/C25H36FN5O4/c1-6-30-20(15-29-11-12-31(17(5)14-29)24(33)27-16(3)4)21(23(32)35-7-2)22(28-25(30)34)18-9-8-10-19(26)13-18/h8-10,13,16-17,22H,6-7,11-12,14-15H2,1-5H3,(H,27,33)(H,28,34)/t17-,22-/m1/s1. The summed E-state index contributed by atoms with van der Waals surface area (Å²) in [7, 11) is 0. The average Bonchev–Trinajstić information content (AvgIpc) is 2.78. The van der Waals surface area contributed by atoms with Crippen LogP contribution >= 0.6 is 0 Å². The fourth-order valence-corrected chi connectivity index (χ4v) is 4.61. The molecule has 0 unspecified atom stereocenters. The molecule has 2 N–H and O–H groups in total. The molecule has 0 radical (unpaired) electrons. The first-order valence-corrected chi connectivity index (χ1v) is 12.2. The van der Waals surface area contributed by atoms with Crippen molar-refractivity contribution in [3.8, 4) is 0 Å². The van der Waals surface area contributed by atoms with Crippen molar-refractivity contribution in [1.82, 2.24) is 25.3 Å². The van der Waals surface area contributed by atoms with Crippen molar-refractivity contribution >= 4 is 18.0 Å². The SMILES string of the molecule is CCOC(=O)C1=C(CN2CCN(C(=O)NC(C)C)[C@H](C)C2)N(CC)C(=O)N[C@@H]1c1cccc(F)c1. The molecule has 1 aromatic rings. The van der Waals surface area contributed by atoms with Gasteiger partial charge in [-0.15, -0.1) is 0 Å². The van der Waals surface area contributed by atoms with E-state index in [4.69, 9.17) is 4.74 Å². The lowest BCUT2D eigenvalue weighted by Crippen LogP contribution is -2.58. The van der Waals surface area contributed by atoms with E-state index in [0.717, 1.165) is 0 Å². The maximum absolute atomic E-state index is 14.0. The number of benzene rings is 1. The van der Waals surface area contributed by atoms with Crippen LogP contribution in [0.1, 0.15) is 46.2 Å². The number of amides is 4. The zero-order valence-corrected chi connectivity index (χ0v) is 21.1. The summed E-state index contributed by atoms with van der Waals surface area (Å²) in [6.07, 6.45) is 0. The Hall–Kier alpha value is -3.14. The number of hydrogen-bond acceptors (Lipinski definition) is 5. The second-order valence-electron chi connectivity index (χ2n) is 9.14. The molecule has 0 saturated carbocycles. The smallest absolute Gasteiger partial charge is 0.338 e. The molecule has 9 nitrogen and oxygen atoms in total. The fourth-order valence-electron chi connectivity index (χ4n) is 4.61. The van der Waals surface area contributed by atoms with Crippen molar-refractivity contribution in [2.75, 3.05) is 39.3 Å². The Balaban J connectivity index is 1.94. The van der Waals surface area contributed by atoms with E-state index in [0.29, 0.717) is 49.6 Å². The van der Waals surface area contributed by atoms with Gasteiger partial charge in [-0.05, 0) is 52.3 Å². The molecule has 10 heteroatoms. The molecule has 0 aromatic heterocycles. The fraction of sp³-hybridized carbons (Fsp3) is 0.560. The molecule has 35 heavy (non-hydrogen) atoms. The van der Waals surface area contributed by atoms with E-state index in [1.54, 1.807) is 24.0 Å². The molecule has 0 bridgehead atoms. The highest BCUT2D eigenvalue weighted by Crippen LogP contribution is 2.32. The summed E-state index contributed by atoms with van der Waals surface area (Å²) in [5.41, 5.74) is 1.31. The van der Waals surface area contributed by atoms with Crippen LogP contribution in [0.25, 0.3) is 0 Å². The molecular weight excluding hydrogens is 453 g/mol. The van der Waals surface area contributed by atoms with Gasteiger partial charge in [-0.25, -0.2) is 18.8 Å². The summed E-state index contributed by atoms with van der Waals surface area (Å²) in [6, 6.07) is 4.57. The number of esters is 1. The van der Waals surface area contributed by atoms with E-state index in [9.17, 15) is 18.8 Å². The maximum Gasteiger partial charge on any atom is 0.338 e. The number of carbonyl (C=O) groups is 3. The van der Waals surface area contributed by atoms with Crippen molar-refractivity contribution in [2.45, 2.75) is 52.7 Å². The number of halogens is 1. The maximum atomic E-state index is 14.0. The van der Waals surface area contributed by atoms with E-state index < -0.39 is 17.8 Å². The monoisotopic (exact) mass is 489 g/mol. The Labute approximate surface area is 206 Å². The van der Waals surface area contributed by atoms with Crippen LogP contribution in [0, 0.1) is 5.82 Å². The van der Waals surface area contributed by atoms with Crippen LogP contribution in [0.5, 0.6) is 0 Å². The van der Waals surface area contributed by atoms with Gasteiger partial charge in [0.2, 0.25) is 0 Å². The number of nitrogens with zero attached hydrogens (tertiary/aromatic N) is 3. The number of urea groups is 2. The van der Waals surface area contributed by atoms with Crippen molar-refractivity contribution in [2.24, 2.45) is 0 Å². The second kappa shape index (κ2) is 11.5. The van der Waals surface area contributed by atoms with Crippen molar-refractivity contribution < 1.29 is 23.5 Å². The third-order valence-electron chi connectivity index (χ3n) is 6.19. The number of carbonyl (C=O) groups excluding carboxylic acids is 3. The molecule has 0 spiro atoms. The summed E-state index contributed by atoms with van der Waals surface area (Å²) < 4.78 is 19.4. The molecule has 2 aliphatic rings. The molecular formula is C25H36FN5O4. The molecule has 1 fully saturated rings. The van der Waals surface area contributed by atoms with E-state index in [-0.39, 0.29) is 30.8 Å². The lowest BCUT2D eigenvalue weighted by molar-refractivity contribution is -0.139. The molecule has 192 valence electrons. The van der Waals surface area contributed by atoms with Gasteiger partial charge in [0.15, 0.2) is 0 Å². The van der Waals surface area contributed by atoms with E-state index in [1.165, 1.54) is 17.0 Å². The lowest BCUT2D eigenvalue weighted by Gasteiger charge is -2.43. The number of nitrogens with one attached hydrogen (secondary N) is 2. The highest BCUT2D eigenvalue weighted by Gasteiger charge is 2.39. The molecule has 4 amide bonds. The summed E-state index contributed by atoms with van der Waals surface area (Å²) in [4.78, 5) is 44.2. The third-order valence-corrected chi connectivity index (χ3v) is 6.19. The Morgan fingerprint density at radius 3 is 2.60 bits per heavy atom. The van der Waals surface area contributed by atoms with Crippen LogP contribution in [0.2, 0.25) is 0 Å². The van der Waals surface area contributed by atoms with Crippen LogP contribution < -0.4 is 10.6 Å². The normalized spacial score (nSPS) is 21.3. The first kappa shape index (κ1) is 26.5. The van der Waals surface area contributed by atoms with Crippen LogP contribution in [-0.2, 0) is 9.53 Å². The van der Waals surface area contributed by atoms with Crippen molar-refractivity contribution in [3.05, 3.63) is 46.9 Å². The van der Waals surface area contributed by atoms with Gasteiger partial charge < -0.3 is 20.3 Å². The first-order valence-electron chi connectivity index (χ1n) is 12.2. The summed E-state index contributed by atoms with van der Waals surface area (Å²) >= 11 is 0. The molecule has 2 atom stereocenters. The van der Waals surface area contributed by atoms with Crippen LogP contribution in [0.15, 0.2) is 35.5 Å². The number of likely N-dealkylation sites (N-methyl/N-ethyl adjacent to an activating group) is 1. The Bertz CT molecular complexity index is 982. The topological polar surface area (TPSA) is 94.2 Å². The van der Waals surface area contributed by atoms with Gasteiger partial charge in [-0.1, -0.05) is 12.1 Å². The van der Waals surface area contributed by atoms with Gasteiger partial charge in [-0.3, -0.25) is 9.80 Å². The van der Waals surface area contributed by atoms with Crippen LogP contribution in [0.4, 0.5) is 14.0 Å². The third kappa shape index (κ3) is 6.11. The first-order chi connectivity index (χ1) is 16.7. The zero-order valence-electron chi connectivity index (χ0n) is 21.1. The predicted octanol–water partition coefficient (Wildman–Crippen LogP) is 2.85. The molecule has 3 rings (SSSR count). The summed E-state index contributed by atoms with van der Waals surface area (Å²) in [6.45, 7) is 11.9. The van der Waals surface area contributed by atoms with Gasteiger partial charge in [0.1, 0.15) is 5.82 Å². The summed E-state index contributed by atoms with van der Waals surface area (Å²) in [5.74, 6) is -0.998. The predicted molar refractivity (Wildman–Crippen MR) is 130 cm³/mol. The highest BCUT2D eigenvalue weighted by molar-refractivity contribution is 5.95. The van der Waals surface area contributed by atoms with E-state index in [2.05, 4.69) is 15.5 Å². The molecule has 2 heterocycles. The van der Waals surface area contributed by atoms with Gasteiger partial charge in [0, 0.05) is 50.5 Å². The molecule has 1 saturated heterocycles. The van der Waals surface area contributed by atoms with Gasteiger partial charge >= 0.3 is 18.0 Å². The van der Waals surface area contributed by atoms with E-state index >= 15 is 0 Å². The number of ether oxygens (including phenoxy) is 1. The van der Waals surface area contributed by atoms with Gasteiger partial charge in [0.05, 0.1) is 18.2 Å². The molecule has 0 aliphatic carbocycles. The van der Waals surface area contributed by atoms with Gasteiger partial charge in [-0.2, -0.15) is 0 Å². The number of rotatable bonds is 7. The number of hydrogen-bond donors (Lipinski definition) is 2. The van der Waals surface area contributed by atoms with Crippen LogP contribution in [0.3, 0.4) is 0 Å². The van der Waals surface area contributed by atoms with Crippen LogP contribution in [-0.4, -0.2) is 84.1 Å². The minimum atomic E-state index is -0.828. The average molecular weight is 490 g/mol. The van der Waals surface area contributed by atoms with E-state index in [1.807, 2.05) is 27.7 Å². The minimum Gasteiger partial charge on any atom is -0.463 e. The summed E-state index contributed by atoms with van der Waals surface area (Å²) in [5, 5.41) is 5.78. The van der Waals surface area contributed by atoms with Crippen molar-refractivity contribution in [3.63, 3.8) is 0 Å². The largest absolute Gasteiger partial charge is 0.463 e. The molecule has 2 aliphatic heterocycles. The van der Waals surface area contributed by atoms with Gasteiger partial charge in [0.25, 0.3) is 0 Å². The highest BCUT2D eigenvalue weighted by atomic mass is 19.1. The zero-order chi connectivity index (χ0) is 25.7. The quantitative estimate of drug-likeness (QED) is 0.575.